The summed E-state index contributed by atoms with van der Waals surface area (Å²) in [6.45, 7) is 0. The number of nitrogens with one attached hydrogen (secondary N) is 2. The Labute approximate surface area is 104 Å². The molecule has 92 valence electrons. The van der Waals surface area contributed by atoms with Crippen LogP contribution in [0.3, 0.4) is 0 Å². The summed E-state index contributed by atoms with van der Waals surface area (Å²) in [6.07, 6.45) is 2.93. The van der Waals surface area contributed by atoms with E-state index in [0.717, 1.165) is 24.8 Å². The molecule has 0 saturated heterocycles. The topological polar surface area (TPSA) is 83.6 Å². The number of rotatable bonds is 2. The van der Waals surface area contributed by atoms with E-state index in [9.17, 15) is 4.79 Å². The van der Waals surface area contributed by atoms with E-state index in [-0.39, 0.29) is 17.8 Å². The molecule has 1 aromatic heterocycles. The molecule has 0 fully saturated rings. The molecule has 0 bridgehead atoms. The number of tetrazole rings is 1. The average molecular weight is 243 g/mol. The molecule has 1 aliphatic rings. The molecule has 0 aliphatic heterocycles. The zero-order valence-corrected chi connectivity index (χ0v) is 9.76. The number of hydrogen-bond donors (Lipinski definition) is 2. The van der Waals surface area contributed by atoms with Gasteiger partial charge in [0.25, 0.3) is 5.95 Å². The van der Waals surface area contributed by atoms with Crippen LogP contribution in [0.4, 0.5) is 5.95 Å². The van der Waals surface area contributed by atoms with Crippen LogP contribution in [0.2, 0.25) is 0 Å². The van der Waals surface area contributed by atoms with Crippen LogP contribution in [0, 0.1) is 0 Å². The van der Waals surface area contributed by atoms with Crippen LogP contribution in [0.5, 0.6) is 0 Å². The lowest BCUT2D eigenvalue weighted by Gasteiger charge is -2.23. The number of fused-ring (bicyclic) bond motifs is 1. The van der Waals surface area contributed by atoms with Crippen molar-refractivity contribution < 1.29 is 4.79 Å². The molecule has 6 heteroatoms. The van der Waals surface area contributed by atoms with Crippen molar-refractivity contribution in [1.82, 2.24) is 20.6 Å². The number of H-pyrrole nitrogens is 1. The number of nitrogens with zero attached hydrogens (tertiary/aromatic N) is 3. The van der Waals surface area contributed by atoms with E-state index in [1.165, 1.54) is 5.56 Å². The molecular weight excluding hydrogens is 230 g/mol. The van der Waals surface area contributed by atoms with Crippen LogP contribution >= 0.6 is 0 Å². The van der Waals surface area contributed by atoms with Gasteiger partial charge >= 0.3 is 0 Å². The van der Waals surface area contributed by atoms with E-state index in [0.29, 0.717) is 0 Å². The molecule has 1 atom stereocenters. The first-order valence-corrected chi connectivity index (χ1v) is 5.97. The lowest BCUT2D eigenvalue weighted by molar-refractivity contribution is -0.117. The van der Waals surface area contributed by atoms with Crippen molar-refractivity contribution in [3.8, 4) is 0 Å². The van der Waals surface area contributed by atoms with Crippen molar-refractivity contribution in [3.05, 3.63) is 35.4 Å². The van der Waals surface area contributed by atoms with Gasteiger partial charge in [-0.3, -0.25) is 10.1 Å². The Morgan fingerprint density at radius 1 is 1.39 bits per heavy atom. The standard InChI is InChI=1S/C12H13N5O/c18-11(13-12-14-16-17-15-12)10-7-3-5-8-4-1-2-6-9(8)10/h1-2,4,6,10H,3,5,7H2,(H2,13,14,15,16,17,18)/t10-/m1/s1. The highest BCUT2D eigenvalue weighted by Gasteiger charge is 2.26. The van der Waals surface area contributed by atoms with Crippen molar-refractivity contribution in [2.45, 2.75) is 25.2 Å². The number of benzene rings is 1. The summed E-state index contributed by atoms with van der Waals surface area (Å²) in [5, 5.41) is 15.9. The SMILES string of the molecule is O=C(Nc1nn[nH]n1)[C@@H]1CCCc2ccccc21. The quantitative estimate of drug-likeness (QED) is 0.831. The van der Waals surface area contributed by atoms with Crippen LogP contribution in [-0.2, 0) is 11.2 Å². The number of carbonyl (C=O) groups excluding carboxylic acids is 1. The molecule has 1 aliphatic carbocycles. The van der Waals surface area contributed by atoms with Gasteiger partial charge in [-0.05, 0) is 35.6 Å². The van der Waals surface area contributed by atoms with Gasteiger partial charge in [0.15, 0.2) is 0 Å². The number of anilines is 1. The fourth-order valence-corrected chi connectivity index (χ4v) is 2.44. The predicted molar refractivity (Wildman–Crippen MR) is 64.9 cm³/mol. The lowest BCUT2D eigenvalue weighted by Crippen LogP contribution is -2.25. The molecule has 0 spiro atoms. The Kier molecular flexibility index (Phi) is 2.76. The lowest BCUT2D eigenvalue weighted by atomic mass is 9.82. The van der Waals surface area contributed by atoms with Gasteiger partial charge in [-0.1, -0.05) is 29.4 Å². The Balaban J connectivity index is 1.83. The van der Waals surface area contributed by atoms with E-state index in [1.54, 1.807) is 0 Å². The van der Waals surface area contributed by atoms with Crippen molar-refractivity contribution in [2.24, 2.45) is 0 Å². The molecule has 0 saturated carbocycles. The summed E-state index contributed by atoms with van der Waals surface area (Å²) in [6, 6.07) is 8.09. The highest BCUT2D eigenvalue weighted by atomic mass is 16.2. The molecule has 1 aromatic carbocycles. The maximum absolute atomic E-state index is 12.2. The van der Waals surface area contributed by atoms with E-state index < -0.39 is 0 Å². The molecule has 18 heavy (non-hydrogen) atoms. The first kappa shape index (κ1) is 10.9. The van der Waals surface area contributed by atoms with E-state index in [2.05, 4.69) is 32.0 Å². The smallest absolute Gasteiger partial charge is 0.269 e. The largest absolute Gasteiger partial charge is 0.291 e. The molecule has 2 N–H and O–H groups in total. The van der Waals surface area contributed by atoms with Gasteiger partial charge in [0.05, 0.1) is 5.92 Å². The summed E-state index contributed by atoms with van der Waals surface area (Å²) in [5.41, 5.74) is 2.38. The van der Waals surface area contributed by atoms with Crippen LogP contribution in [0.25, 0.3) is 0 Å². The fraction of sp³-hybridized carbons (Fsp3) is 0.333. The van der Waals surface area contributed by atoms with Gasteiger partial charge < -0.3 is 0 Å². The zero-order chi connectivity index (χ0) is 12.4. The first-order chi connectivity index (χ1) is 8.84. The van der Waals surface area contributed by atoms with Crippen LogP contribution < -0.4 is 5.32 Å². The normalized spacial score (nSPS) is 18.1. The number of amides is 1. The third kappa shape index (κ3) is 1.97. The minimum atomic E-state index is -0.117. The Bertz CT molecular complexity index is 551. The monoisotopic (exact) mass is 243 g/mol. The highest BCUT2D eigenvalue weighted by Crippen LogP contribution is 2.31. The van der Waals surface area contributed by atoms with Crippen LogP contribution in [0.15, 0.2) is 24.3 Å². The van der Waals surface area contributed by atoms with Gasteiger partial charge in [-0.25, -0.2) is 0 Å². The molecular formula is C12H13N5O. The number of aromatic nitrogens is 4. The molecule has 3 rings (SSSR count). The van der Waals surface area contributed by atoms with E-state index in [1.807, 2.05) is 18.2 Å². The van der Waals surface area contributed by atoms with Gasteiger partial charge in [-0.15, -0.1) is 5.10 Å². The highest BCUT2D eigenvalue weighted by molar-refractivity contribution is 5.94. The second kappa shape index (κ2) is 4.56. The third-order valence-electron chi connectivity index (χ3n) is 3.27. The van der Waals surface area contributed by atoms with Crippen LogP contribution in [-0.4, -0.2) is 26.5 Å². The second-order valence-electron chi connectivity index (χ2n) is 4.37. The van der Waals surface area contributed by atoms with Gasteiger partial charge in [0.1, 0.15) is 0 Å². The fourth-order valence-electron chi connectivity index (χ4n) is 2.44. The second-order valence-corrected chi connectivity index (χ2v) is 4.37. The summed E-state index contributed by atoms with van der Waals surface area (Å²) < 4.78 is 0. The Hall–Kier alpha value is -2.24. The van der Waals surface area contributed by atoms with Crippen molar-refractivity contribution >= 4 is 11.9 Å². The Morgan fingerprint density at radius 2 is 2.28 bits per heavy atom. The number of aromatic amines is 1. The van der Waals surface area contributed by atoms with E-state index in [4.69, 9.17) is 0 Å². The summed E-state index contributed by atoms with van der Waals surface area (Å²) in [7, 11) is 0. The summed E-state index contributed by atoms with van der Waals surface area (Å²) >= 11 is 0. The van der Waals surface area contributed by atoms with Gasteiger partial charge in [-0.2, -0.15) is 5.21 Å². The minimum Gasteiger partial charge on any atom is -0.291 e. The molecule has 6 nitrogen and oxygen atoms in total. The molecule has 0 radical (unpaired) electrons. The maximum Gasteiger partial charge on any atom is 0.269 e. The zero-order valence-electron chi connectivity index (χ0n) is 9.76. The number of aryl methyl sites for hydroxylation is 1. The van der Waals surface area contributed by atoms with E-state index >= 15 is 0 Å². The third-order valence-corrected chi connectivity index (χ3v) is 3.27. The summed E-state index contributed by atoms with van der Waals surface area (Å²) in [4.78, 5) is 12.2. The average Bonchev–Trinajstić information content (AvgIpc) is 2.91. The first-order valence-electron chi connectivity index (χ1n) is 5.97. The summed E-state index contributed by atoms with van der Waals surface area (Å²) in [5.74, 6) is 0.0417. The minimum absolute atomic E-state index is 0.0662. The molecule has 2 aromatic rings. The Morgan fingerprint density at radius 3 is 3.11 bits per heavy atom. The van der Waals surface area contributed by atoms with Crippen molar-refractivity contribution in [2.75, 3.05) is 5.32 Å². The number of hydrogen-bond acceptors (Lipinski definition) is 4. The molecule has 1 heterocycles. The molecule has 0 unspecified atom stereocenters. The van der Waals surface area contributed by atoms with Crippen molar-refractivity contribution in [3.63, 3.8) is 0 Å². The van der Waals surface area contributed by atoms with Crippen LogP contribution in [0.1, 0.15) is 29.9 Å². The van der Waals surface area contributed by atoms with Gasteiger partial charge in [0, 0.05) is 0 Å². The van der Waals surface area contributed by atoms with Gasteiger partial charge in [0.2, 0.25) is 5.91 Å². The number of carbonyl (C=O) groups is 1. The predicted octanol–water partition coefficient (Wildman–Crippen LogP) is 1.26. The maximum atomic E-state index is 12.2. The molecule has 1 amide bonds. The van der Waals surface area contributed by atoms with Crippen molar-refractivity contribution in [1.29, 1.82) is 0 Å².